The summed E-state index contributed by atoms with van der Waals surface area (Å²) in [6.07, 6.45) is 6.24. The van der Waals surface area contributed by atoms with Gasteiger partial charge in [-0.05, 0) is 31.1 Å². The number of carbonyl (C=O) groups is 2. The number of anilines is 2. The Kier molecular flexibility index (Phi) is 5.24. The molecule has 2 aromatic heterocycles. The topological polar surface area (TPSA) is 103 Å². The predicted octanol–water partition coefficient (Wildman–Crippen LogP) is 2.80. The number of hydrogen-bond acceptors (Lipinski definition) is 5. The lowest BCUT2D eigenvalue weighted by Gasteiger charge is -2.31. The average Bonchev–Trinajstić information content (AvgIpc) is 3.18. The molecule has 1 aliphatic heterocycles. The van der Waals surface area contributed by atoms with Crippen molar-refractivity contribution in [3.63, 3.8) is 0 Å². The van der Waals surface area contributed by atoms with Crippen LogP contribution in [0, 0.1) is 0 Å². The molecule has 0 saturated carbocycles. The number of aromatic amines is 1. The van der Waals surface area contributed by atoms with Crippen LogP contribution in [0.3, 0.4) is 0 Å². The molecule has 2 amide bonds. The van der Waals surface area contributed by atoms with Gasteiger partial charge in [-0.15, -0.1) is 0 Å². The fourth-order valence-electron chi connectivity index (χ4n) is 3.44. The van der Waals surface area contributed by atoms with E-state index >= 15 is 0 Å². The average molecular weight is 390 g/mol. The Labute approximate surface area is 168 Å². The summed E-state index contributed by atoms with van der Waals surface area (Å²) in [5.41, 5.74) is 2.23. The van der Waals surface area contributed by atoms with E-state index in [9.17, 15) is 9.59 Å². The van der Waals surface area contributed by atoms with E-state index in [0.717, 1.165) is 18.5 Å². The van der Waals surface area contributed by atoms with Crippen LogP contribution in [-0.2, 0) is 4.79 Å². The minimum Gasteiger partial charge on any atom is -0.366 e. The zero-order valence-corrected chi connectivity index (χ0v) is 15.9. The van der Waals surface area contributed by atoms with Gasteiger partial charge in [0.25, 0.3) is 5.91 Å². The third-order valence-electron chi connectivity index (χ3n) is 4.99. The first kappa shape index (κ1) is 18.7. The van der Waals surface area contributed by atoms with Crippen molar-refractivity contribution in [2.75, 3.05) is 23.7 Å². The molecule has 8 nitrogen and oxygen atoms in total. The van der Waals surface area contributed by atoms with Crippen molar-refractivity contribution in [1.82, 2.24) is 19.9 Å². The maximum atomic E-state index is 12.7. The first-order chi connectivity index (χ1) is 14.1. The van der Waals surface area contributed by atoms with Crippen molar-refractivity contribution in [3.8, 4) is 0 Å². The lowest BCUT2D eigenvalue weighted by atomic mass is 10.1. The van der Waals surface area contributed by atoms with E-state index in [-0.39, 0.29) is 17.9 Å². The summed E-state index contributed by atoms with van der Waals surface area (Å²) in [5.74, 6) is 0.329. The Balaban J connectivity index is 1.46. The van der Waals surface area contributed by atoms with Crippen molar-refractivity contribution in [2.24, 2.45) is 0 Å². The summed E-state index contributed by atoms with van der Waals surface area (Å²) < 4.78 is 0. The number of nitrogens with zero attached hydrogens (tertiary/aromatic N) is 3. The number of carbonyl (C=O) groups excluding carboxylic acids is 2. The SMILES string of the molecule is C=CC(=O)N1CCC(Nc2cnc3[nH]cc(C(=O)Nc4ccccc4)c3n2)CC1. The molecule has 0 aliphatic carbocycles. The summed E-state index contributed by atoms with van der Waals surface area (Å²) >= 11 is 0. The molecule has 3 N–H and O–H groups in total. The smallest absolute Gasteiger partial charge is 0.259 e. The number of H-pyrrole nitrogens is 1. The number of nitrogens with one attached hydrogen (secondary N) is 3. The van der Waals surface area contributed by atoms with Gasteiger partial charge in [-0.3, -0.25) is 9.59 Å². The molecule has 0 bridgehead atoms. The van der Waals surface area contributed by atoms with Crippen LogP contribution in [0.4, 0.5) is 11.5 Å². The molecule has 4 rings (SSSR count). The van der Waals surface area contributed by atoms with Gasteiger partial charge in [-0.1, -0.05) is 24.8 Å². The van der Waals surface area contributed by atoms with E-state index in [1.165, 1.54) is 6.08 Å². The number of para-hydroxylation sites is 1. The van der Waals surface area contributed by atoms with Gasteiger partial charge < -0.3 is 20.5 Å². The Morgan fingerprint density at radius 3 is 2.69 bits per heavy atom. The molecule has 148 valence electrons. The molecule has 0 radical (unpaired) electrons. The summed E-state index contributed by atoms with van der Waals surface area (Å²) in [7, 11) is 0. The second-order valence-corrected chi connectivity index (χ2v) is 6.92. The first-order valence-electron chi connectivity index (χ1n) is 9.52. The van der Waals surface area contributed by atoms with Crippen LogP contribution in [0.15, 0.2) is 55.4 Å². The van der Waals surface area contributed by atoms with Crippen LogP contribution < -0.4 is 10.6 Å². The lowest BCUT2D eigenvalue weighted by Crippen LogP contribution is -2.41. The van der Waals surface area contributed by atoms with Gasteiger partial charge in [0.2, 0.25) is 5.91 Å². The van der Waals surface area contributed by atoms with Gasteiger partial charge in [0.15, 0.2) is 5.65 Å². The van der Waals surface area contributed by atoms with Gasteiger partial charge >= 0.3 is 0 Å². The molecule has 3 aromatic rings. The van der Waals surface area contributed by atoms with Gasteiger partial charge in [-0.25, -0.2) is 9.97 Å². The Bertz CT molecular complexity index is 1040. The number of piperidine rings is 1. The van der Waals surface area contributed by atoms with E-state index in [0.29, 0.717) is 35.6 Å². The van der Waals surface area contributed by atoms with Gasteiger partial charge in [0.1, 0.15) is 11.3 Å². The molecular formula is C21H22N6O2. The van der Waals surface area contributed by atoms with Gasteiger partial charge in [-0.2, -0.15) is 0 Å². The number of benzene rings is 1. The van der Waals surface area contributed by atoms with E-state index in [1.807, 2.05) is 30.3 Å². The number of fused-ring (bicyclic) bond motifs is 1. The van der Waals surface area contributed by atoms with Crippen LogP contribution in [0.5, 0.6) is 0 Å². The fraction of sp³-hybridized carbons (Fsp3) is 0.238. The van der Waals surface area contributed by atoms with E-state index in [4.69, 9.17) is 0 Å². The highest BCUT2D eigenvalue weighted by Crippen LogP contribution is 2.20. The van der Waals surface area contributed by atoms with Crippen molar-refractivity contribution in [3.05, 3.63) is 60.9 Å². The second kappa shape index (κ2) is 8.14. The quantitative estimate of drug-likeness (QED) is 0.581. The highest BCUT2D eigenvalue weighted by Gasteiger charge is 2.22. The van der Waals surface area contributed by atoms with E-state index in [2.05, 4.69) is 32.2 Å². The predicted molar refractivity (Wildman–Crippen MR) is 112 cm³/mol. The number of hydrogen-bond donors (Lipinski definition) is 3. The largest absolute Gasteiger partial charge is 0.366 e. The zero-order valence-electron chi connectivity index (χ0n) is 15.9. The number of amides is 2. The summed E-state index contributed by atoms with van der Waals surface area (Å²) in [4.78, 5) is 38.1. The van der Waals surface area contributed by atoms with Gasteiger partial charge in [0, 0.05) is 31.0 Å². The maximum absolute atomic E-state index is 12.7. The molecule has 1 saturated heterocycles. The monoisotopic (exact) mass is 390 g/mol. The Morgan fingerprint density at radius 2 is 1.97 bits per heavy atom. The lowest BCUT2D eigenvalue weighted by molar-refractivity contribution is -0.126. The molecule has 1 aliphatic rings. The molecule has 1 fully saturated rings. The number of likely N-dealkylation sites (tertiary alicyclic amines) is 1. The molecule has 0 unspecified atom stereocenters. The summed E-state index contributed by atoms with van der Waals surface area (Å²) in [6, 6.07) is 9.46. The third-order valence-corrected chi connectivity index (χ3v) is 4.99. The maximum Gasteiger partial charge on any atom is 0.259 e. The molecule has 1 aromatic carbocycles. The Hall–Kier alpha value is -3.68. The van der Waals surface area contributed by atoms with Crippen LogP contribution in [0.2, 0.25) is 0 Å². The van der Waals surface area contributed by atoms with Crippen molar-refractivity contribution in [2.45, 2.75) is 18.9 Å². The van der Waals surface area contributed by atoms with E-state index < -0.39 is 0 Å². The minimum atomic E-state index is -0.245. The molecule has 0 atom stereocenters. The van der Waals surface area contributed by atoms with Crippen LogP contribution in [-0.4, -0.2) is 50.8 Å². The van der Waals surface area contributed by atoms with Crippen LogP contribution in [0.1, 0.15) is 23.2 Å². The van der Waals surface area contributed by atoms with Crippen LogP contribution in [0.25, 0.3) is 11.2 Å². The standard InChI is InChI=1S/C21H22N6O2/c1-2-18(28)27-10-8-15(9-11-27)24-17-13-23-20-19(26-17)16(12-22-20)21(29)25-14-6-4-3-5-7-14/h2-7,12-13,15H,1,8-11H2,(H,22,23)(H,24,26)(H,25,29). The number of aromatic nitrogens is 3. The van der Waals surface area contributed by atoms with Gasteiger partial charge in [0.05, 0.1) is 11.8 Å². The molecular weight excluding hydrogens is 368 g/mol. The highest BCUT2D eigenvalue weighted by atomic mass is 16.2. The molecule has 3 heterocycles. The van der Waals surface area contributed by atoms with Crippen LogP contribution >= 0.6 is 0 Å². The van der Waals surface area contributed by atoms with E-state index in [1.54, 1.807) is 17.3 Å². The molecule has 0 spiro atoms. The summed E-state index contributed by atoms with van der Waals surface area (Å²) in [6.45, 7) is 4.88. The van der Waals surface area contributed by atoms with Crippen molar-refractivity contribution >= 4 is 34.5 Å². The number of rotatable bonds is 5. The summed E-state index contributed by atoms with van der Waals surface area (Å²) in [5, 5.41) is 6.24. The van der Waals surface area contributed by atoms with Crippen molar-refractivity contribution in [1.29, 1.82) is 0 Å². The van der Waals surface area contributed by atoms with Crippen molar-refractivity contribution < 1.29 is 9.59 Å². The highest BCUT2D eigenvalue weighted by molar-refractivity contribution is 6.11. The minimum absolute atomic E-state index is 0.0361. The fourth-order valence-corrected chi connectivity index (χ4v) is 3.44. The molecule has 29 heavy (non-hydrogen) atoms. The first-order valence-corrected chi connectivity index (χ1v) is 9.52. The Morgan fingerprint density at radius 1 is 1.21 bits per heavy atom. The normalized spacial score (nSPS) is 14.6. The second-order valence-electron chi connectivity index (χ2n) is 6.92. The third kappa shape index (κ3) is 4.11. The molecule has 8 heteroatoms. The zero-order chi connectivity index (χ0) is 20.2.